The van der Waals surface area contributed by atoms with Crippen molar-refractivity contribution in [1.82, 2.24) is 19.6 Å². The summed E-state index contributed by atoms with van der Waals surface area (Å²) in [5.74, 6) is 0. The van der Waals surface area contributed by atoms with E-state index in [9.17, 15) is 0 Å². The van der Waals surface area contributed by atoms with Gasteiger partial charge in [-0.15, -0.1) is 0 Å². The van der Waals surface area contributed by atoms with E-state index < -0.39 is 0 Å². The van der Waals surface area contributed by atoms with E-state index in [2.05, 4.69) is 10.2 Å². The first-order valence-electron chi connectivity index (χ1n) is 4.86. The van der Waals surface area contributed by atoms with Gasteiger partial charge in [-0.25, -0.2) is 4.68 Å². The molecule has 0 aliphatic heterocycles. The highest BCUT2D eigenvalue weighted by Crippen LogP contribution is 2.14. The van der Waals surface area contributed by atoms with Gasteiger partial charge in [-0.2, -0.15) is 10.2 Å². The Kier molecular flexibility index (Phi) is 2.22. The number of anilines is 1. The van der Waals surface area contributed by atoms with Crippen LogP contribution in [0.25, 0.3) is 0 Å². The number of nitrogen functional groups attached to an aromatic ring is 1. The lowest BCUT2D eigenvalue weighted by molar-refractivity contribution is 0.491. The van der Waals surface area contributed by atoms with E-state index in [0.717, 1.165) is 22.6 Å². The summed E-state index contributed by atoms with van der Waals surface area (Å²) in [4.78, 5) is 0. The fraction of sp³-hybridized carbons (Fsp3) is 0.400. The van der Waals surface area contributed by atoms with Crippen molar-refractivity contribution in [2.75, 3.05) is 5.73 Å². The predicted octanol–water partition coefficient (Wildman–Crippen LogP) is 1.09. The minimum absolute atomic E-state index is 0.609. The first-order chi connectivity index (χ1) is 7.08. The van der Waals surface area contributed by atoms with Crippen molar-refractivity contribution in [3.05, 3.63) is 29.3 Å². The number of hydrogen-bond donors (Lipinski definition) is 1. The third-order valence-corrected chi connectivity index (χ3v) is 2.48. The van der Waals surface area contributed by atoms with Gasteiger partial charge >= 0.3 is 0 Å². The molecule has 0 fully saturated rings. The number of nitrogens with zero attached hydrogens (tertiary/aromatic N) is 4. The van der Waals surface area contributed by atoms with Crippen molar-refractivity contribution in [1.29, 1.82) is 0 Å². The number of rotatable bonds is 2. The molecule has 2 rings (SSSR count). The Morgan fingerprint density at radius 1 is 1.33 bits per heavy atom. The highest BCUT2D eigenvalue weighted by Gasteiger charge is 2.08. The first-order valence-corrected chi connectivity index (χ1v) is 4.86. The topological polar surface area (TPSA) is 61.7 Å². The summed E-state index contributed by atoms with van der Waals surface area (Å²) >= 11 is 0. The molecule has 80 valence electrons. The Balaban J connectivity index is 2.28. The van der Waals surface area contributed by atoms with E-state index in [0.29, 0.717) is 6.67 Å². The maximum Gasteiger partial charge on any atom is 0.133 e. The van der Waals surface area contributed by atoms with Gasteiger partial charge in [0.1, 0.15) is 6.67 Å². The molecule has 0 spiro atoms. The molecule has 0 unspecified atom stereocenters. The molecule has 5 nitrogen and oxygen atoms in total. The van der Waals surface area contributed by atoms with Gasteiger partial charge in [0.05, 0.1) is 23.3 Å². The average molecular weight is 205 g/mol. The minimum Gasteiger partial charge on any atom is -0.396 e. The number of nitrogens with two attached hydrogens (primary N) is 1. The van der Waals surface area contributed by atoms with Crippen molar-refractivity contribution in [3.63, 3.8) is 0 Å². The first kappa shape index (κ1) is 9.76. The van der Waals surface area contributed by atoms with Gasteiger partial charge in [-0.1, -0.05) is 0 Å². The molecular weight excluding hydrogens is 190 g/mol. The number of aryl methyl sites for hydroxylation is 2. The molecule has 0 atom stereocenters. The average Bonchev–Trinajstić information content (AvgIpc) is 2.68. The Morgan fingerprint density at radius 2 is 2.07 bits per heavy atom. The Morgan fingerprint density at radius 3 is 2.53 bits per heavy atom. The molecule has 0 bridgehead atoms. The smallest absolute Gasteiger partial charge is 0.133 e. The highest BCUT2D eigenvalue weighted by atomic mass is 15.4. The van der Waals surface area contributed by atoms with Crippen LogP contribution in [-0.2, 0) is 6.67 Å². The fourth-order valence-corrected chi connectivity index (χ4v) is 1.53. The zero-order chi connectivity index (χ0) is 11.0. The zero-order valence-electron chi connectivity index (χ0n) is 9.23. The molecule has 0 aliphatic carbocycles. The summed E-state index contributed by atoms with van der Waals surface area (Å²) in [6.45, 7) is 6.50. The van der Waals surface area contributed by atoms with Crippen LogP contribution < -0.4 is 5.73 Å². The predicted molar refractivity (Wildman–Crippen MR) is 58.5 cm³/mol. The summed E-state index contributed by atoms with van der Waals surface area (Å²) in [6.07, 6.45) is 3.81. The van der Waals surface area contributed by atoms with Crippen LogP contribution in [0.15, 0.2) is 12.4 Å². The summed E-state index contributed by atoms with van der Waals surface area (Å²) in [7, 11) is 0. The maximum atomic E-state index is 5.85. The molecule has 2 N–H and O–H groups in total. The third-order valence-electron chi connectivity index (χ3n) is 2.48. The summed E-state index contributed by atoms with van der Waals surface area (Å²) in [6, 6.07) is 0. The van der Waals surface area contributed by atoms with E-state index in [1.165, 1.54) is 0 Å². The molecule has 2 heterocycles. The van der Waals surface area contributed by atoms with E-state index in [1.807, 2.05) is 42.5 Å². The zero-order valence-corrected chi connectivity index (χ0v) is 9.23. The molecule has 15 heavy (non-hydrogen) atoms. The second-order valence-corrected chi connectivity index (χ2v) is 3.78. The van der Waals surface area contributed by atoms with Crippen molar-refractivity contribution < 1.29 is 0 Å². The number of aromatic nitrogens is 4. The van der Waals surface area contributed by atoms with Crippen LogP contribution in [0, 0.1) is 20.8 Å². The summed E-state index contributed by atoms with van der Waals surface area (Å²) in [5.41, 5.74) is 9.61. The Labute approximate surface area is 88.5 Å². The highest BCUT2D eigenvalue weighted by molar-refractivity contribution is 5.46. The molecule has 0 radical (unpaired) electrons. The van der Waals surface area contributed by atoms with E-state index in [-0.39, 0.29) is 0 Å². The molecule has 2 aromatic rings. The largest absolute Gasteiger partial charge is 0.396 e. The molecule has 0 amide bonds. The fourth-order valence-electron chi connectivity index (χ4n) is 1.53. The van der Waals surface area contributed by atoms with Crippen LogP contribution in [0.2, 0.25) is 0 Å². The van der Waals surface area contributed by atoms with Crippen molar-refractivity contribution in [2.24, 2.45) is 0 Å². The molecular formula is C10H15N5. The van der Waals surface area contributed by atoms with Crippen molar-refractivity contribution in [3.8, 4) is 0 Å². The van der Waals surface area contributed by atoms with Crippen molar-refractivity contribution >= 4 is 5.69 Å². The Bertz CT molecular complexity index is 480. The maximum absolute atomic E-state index is 5.85. The second-order valence-electron chi connectivity index (χ2n) is 3.78. The summed E-state index contributed by atoms with van der Waals surface area (Å²) < 4.78 is 3.70. The van der Waals surface area contributed by atoms with Crippen molar-refractivity contribution in [2.45, 2.75) is 27.4 Å². The van der Waals surface area contributed by atoms with Gasteiger partial charge in [-0.05, 0) is 26.3 Å². The van der Waals surface area contributed by atoms with Crippen LogP contribution in [-0.4, -0.2) is 19.6 Å². The third kappa shape index (κ3) is 1.72. The number of hydrogen-bond acceptors (Lipinski definition) is 3. The van der Waals surface area contributed by atoms with E-state index in [4.69, 9.17) is 5.73 Å². The molecule has 0 aromatic carbocycles. The Hall–Kier alpha value is -1.78. The van der Waals surface area contributed by atoms with E-state index >= 15 is 0 Å². The normalized spacial score (nSPS) is 10.9. The quantitative estimate of drug-likeness (QED) is 0.798. The standard InChI is InChI=1S/C10H15N5/c1-7-4-12-14(5-7)6-15-9(3)10(11)8(2)13-15/h4-5H,6,11H2,1-3H3. The minimum atomic E-state index is 0.609. The van der Waals surface area contributed by atoms with Gasteiger partial charge in [0.15, 0.2) is 0 Å². The lowest BCUT2D eigenvalue weighted by atomic mass is 10.3. The van der Waals surface area contributed by atoms with Crippen LogP contribution in [0.1, 0.15) is 17.0 Å². The van der Waals surface area contributed by atoms with Gasteiger partial charge in [0.25, 0.3) is 0 Å². The van der Waals surface area contributed by atoms with Crippen LogP contribution in [0.4, 0.5) is 5.69 Å². The molecule has 0 aliphatic rings. The van der Waals surface area contributed by atoms with Gasteiger partial charge < -0.3 is 5.73 Å². The molecule has 2 aromatic heterocycles. The van der Waals surface area contributed by atoms with E-state index in [1.54, 1.807) is 0 Å². The van der Waals surface area contributed by atoms with Crippen LogP contribution in [0.3, 0.4) is 0 Å². The van der Waals surface area contributed by atoms with Gasteiger partial charge in [-0.3, -0.25) is 4.68 Å². The lowest BCUT2D eigenvalue weighted by Gasteiger charge is -2.04. The molecule has 0 saturated heterocycles. The molecule has 5 heteroatoms. The molecule has 0 saturated carbocycles. The SMILES string of the molecule is Cc1cnn(Cn2nc(C)c(N)c2C)c1. The second kappa shape index (κ2) is 3.42. The monoisotopic (exact) mass is 205 g/mol. The van der Waals surface area contributed by atoms with Crippen LogP contribution >= 0.6 is 0 Å². The van der Waals surface area contributed by atoms with Crippen LogP contribution in [0.5, 0.6) is 0 Å². The van der Waals surface area contributed by atoms with Gasteiger partial charge in [0.2, 0.25) is 0 Å². The van der Waals surface area contributed by atoms with Gasteiger partial charge in [0, 0.05) is 6.20 Å². The summed E-state index contributed by atoms with van der Waals surface area (Å²) in [5, 5.41) is 8.55. The lowest BCUT2D eigenvalue weighted by Crippen LogP contribution is -2.11.